The summed E-state index contributed by atoms with van der Waals surface area (Å²) in [4.78, 5) is 31.1. The van der Waals surface area contributed by atoms with Gasteiger partial charge in [0, 0.05) is 45.2 Å². The zero-order chi connectivity index (χ0) is 60.9. The van der Waals surface area contributed by atoms with Crippen molar-refractivity contribution in [3.8, 4) is 135 Å². The van der Waals surface area contributed by atoms with E-state index in [0.717, 1.165) is 89.0 Å². The normalized spacial score (nSPS) is 13.4. The number of hydrogen-bond donors (Lipinski definition) is 0. The SMILES string of the molecule is c1ccc(-c2cc(-c3ccccc3)cc(-c3nc(-c4ccccc4)nc(-c4ccc(-c5ccc6c(c5)C5c7ccccc7C6c6cc(-c7ccc(-c8nc(-c9ccccc9)nc(-c9cc(-c%10ccccc%10)cc(-c%10ccccc%10)c9)n8)cc7)ccc65)cc4)n3)c2)cc1. The molecule has 2 atom stereocenters. The molecule has 6 heteroatoms. The van der Waals surface area contributed by atoms with E-state index in [4.69, 9.17) is 29.9 Å². The highest BCUT2D eigenvalue weighted by molar-refractivity contribution is 5.84. The molecule has 430 valence electrons. The van der Waals surface area contributed by atoms with E-state index in [1.807, 2.05) is 36.4 Å². The van der Waals surface area contributed by atoms with Crippen LogP contribution in [0.4, 0.5) is 0 Å². The smallest absolute Gasteiger partial charge is 0.164 e. The molecule has 0 N–H and O–H groups in total. The van der Waals surface area contributed by atoms with Crippen molar-refractivity contribution in [2.24, 2.45) is 0 Å². The largest absolute Gasteiger partial charge is 0.208 e. The first-order valence-electron chi connectivity index (χ1n) is 31.3. The van der Waals surface area contributed by atoms with Gasteiger partial charge in [0.25, 0.3) is 0 Å². The lowest BCUT2D eigenvalue weighted by atomic mass is 9.60. The second kappa shape index (κ2) is 23.1. The predicted molar refractivity (Wildman–Crippen MR) is 373 cm³/mol. The lowest BCUT2D eigenvalue weighted by Crippen LogP contribution is -2.27. The van der Waals surface area contributed by atoms with Crippen LogP contribution in [0.3, 0.4) is 0 Å². The third kappa shape index (κ3) is 10.2. The highest BCUT2D eigenvalue weighted by Gasteiger charge is 2.41. The molecule has 0 amide bonds. The van der Waals surface area contributed by atoms with Crippen molar-refractivity contribution in [2.45, 2.75) is 11.8 Å². The van der Waals surface area contributed by atoms with Crippen molar-refractivity contribution in [1.29, 1.82) is 0 Å². The maximum atomic E-state index is 5.25. The molecule has 0 saturated heterocycles. The molecule has 15 aromatic rings. The Kier molecular flexibility index (Phi) is 13.6. The summed E-state index contributed by atoms with van der Waals surface area (Å²) < 4.78 is 0. The van der Waals surface area contributed by atoms with E-state index >= 15 is 0 Å². The molecule has 13 aromatic carbocycles. The average Bonchev–Trinajstić information content (AvgIpc) is 0.714. The second-order valence-corrected chi connectivity index (χ2v) is 23.7. The van der Waals surface area contributed by atoms with Crippen LogP contribution in [0.15, 0.2) is 328 Å². The Labute approximate surface area is 534 Å². The van der Waals surface area contributed by atoms with E-state index in [1.165, 1.54) is 44.5 Å². The first-order chi connectivity index (χ1) is 45.5. The number of aromatic nitrogens is 6. The minimum atomic E-state index is 0.0914. The van der Waals surface area contributed by atoms with Crippen molar-refractivity contribution in [2.75, 3.05) is 0 Å². The summed E-state index contributed by atoms with van der Waals surface area (Å²) in [5, 5.41) is 0. The molecule has 0 saturated carbocycles. The van der Waals surface area contributed by atoms with Crippen molar-refractivity contribution in [1.82, 2.24) is 29.9 Å². The standard InChI is InChI=1S/C86H56N6/c1-7-21-55(22-8-1)67-47-68(56-23-9-2-10-24-56)50-71(49-67)85-89-81(61-29-15-5-16-30-61)87-83(91-85)63-39-35-59(36-40-63)65-43-45-75-77(53-65)79-73-33-19-20-34-74(73)80(75)78-54-66(44-46-76(78)79)60-37-41-64(42-38-60)84-88-82(62-31-17-6-18-32-62)90-86(92-84)72-51-69(57-25-11-3-12-26-57)48-70(52-72)58-27-13-4-14-28-58/h1-54,79-80H. The van der Waals surface area contributed by atoms with Gasteiger partial charge in [-0.2, -0.15) is 0 Å². The van der Waals surface area contributed by atoms with Gasteiger partial charge in [-0.1, -0.05) is 279 Å². The van der Waals surface area contributed by atoms with Gasteiger partial charge >= 0.3 is 0 Å². The second-order valence-electron chi connectivity index (χ2n) is 23.7. The van der Waals surface area contributed by atoms with E-state index < -0.39 is 0 Å². The Morgan fingerprint density at radius 3 is 0.620 bits per heavy atom. The molecule has 2 aromatic heterocycles. The van der Waals surface area contributed by atoms with Gasteiger partial charge in [0.1, 0.15) is 0 Å². The summed E-state index contributed by atoms with van der Waals surface area (Å²) >= 11 is 0. The summed E-state index contributed by atoms with van der Waals surface area (Å²) in [5.41, 5.74) is 27.2. The van der Waals surface area contributed by atoms with Crippen molar-refractivity contribution in [3.63, 3.8) is 0 Å². The summed E-state index contributed by atoms with van der Waals surface area (Å²) in [7, 11) is 0. The summed E-state index contributed by atoms with van der Waals surface area (Å²) in [6.07, 6.45) is 0. The molecule has 2 heterocycles. The molecule has 6 nitrogen and oxygen atoms in total. The molecule has 3 aliphatic rings. The lowest BCUT2D eigenvalue weighted by molar-refractivity contribution is 0.755. The van der Waals surface area contributed by atoms with E-state index in [1.54, 1.807) is 0 Å². The van der Waals surface area contributed by atoms with Crippen LogP contribution in [0.25, 0.3) is 135 Å². The third-order valence-electron chi connectivity index (χ3n) is 18.1. The van der Waals surface area contributed by atoms with Crippen LogP contribution in [-0.4, -0.2) is 29.9 Å². The van der Waals surface area contributed by atoms with Crippen molar-refractivity contribution in [3.05, 3.63) is 361 Å². The van der Waals surface area contributed by atoms with Crippen LogP contribution in [0.2, 0.25) is 0 Å². The number of hydrogen-bond acceptors (Lipinski definition) is 6. The molecule has 0 aliphatic heterocycles. The highest BCUT2D eigenvalue weighted by atomic mass is 15.0. The van der Waals surface area contributed by atoms with E-state index in [0.29, 0.717) is 34.9 Å². The fraction of sp³-hybridized carbons (Fsp3) is 0.0233. The van der Waals surface area contributed by atoms with Crippen LogP contribution in [0.5, 0.6) is 0 Å². The Bertz CT molecular complexity index is 4790. The monoisotopic (exact) mass is 1170 g/mol. The molecule has 2 unspecified atom stereocenters. The molecule has 0 spiro atoms. The number of rotatable bonds is 12. The molecule has 0 radical (unpaired) electrons. The Morgan fingerprint density at radius 1 is 0.130 bits per heavy atom. The van der Waals surface area contributed by atoms with Crippen LogP contribution >= 0.6 is 0 Å². The van der Waals surface area contributed by atoms with Gasteiger partial charge in [-0.15, -0.1) is 0 Å². The minimum absolute atomic E-state index is 0.0914. The van der Waals surface area contributed by atoms with E-state index in [-0.39, 0.29) is 11.8 Å². The van der Waals surface area contributed by atoms with Crippen molar-refractivity contribution >= 4 is 0 Å². The van der Waals surface area contributed by atoms with Crippen molar-refractivity contribution < 1.29 is 0 Å². The number of nitrogens with zero attached hydrogens (tertiary/aromatic N) is 6. The third-order valence-corrected chi connectivity index (χ3v) is 18.1. The fourth-order valence-corrected chi connectivity index (χ4v) is 13.6. The maximum absolute atomic E-state index is 5.25. The van der Waals surface area contributed by atoms with Gasteiger partial charge in [-0.05, 0) is 149 Å². The van der Waals surface area contributed by atoms with Crippen LogP contribution in [-0.2, 0) is 0 Å². The molecule has 18 rings (SSSR count). The molecular formula is C86H56N6. The quantitative estimate of drug-likeness (QED) is 0.121. The first-order valence-corrected chi connectivity index (χ1v) is 31.3. The van der Waals surface area contributed by atoms with E-state index in [2.05, 4.69) is 291 Å². The summed E-state index contributed by atoms with van der Waals surface area (Å²) in [5.74, 6) is 3.90. The Balaban J connectivity index is 0.690. The van der Waals surface area contributed by atoms with E-state index in [9.17, 15) is 0 Å². The summed E-state index contributed by atoms with van der Waals surface area (Å²) in [6.45, 7) is 0. The van der Waals surface area contributed by atoms with Crippen LogP contribution in [0.1, 0.15) is 45.2 Å². The van der Waals surface area contributed by atoms with Gasteiger partial charge in [-0.25, -0.2) is 29.9 Å². The van der Waals surface area contributed by atoms with Gasteiger partial charge in [0.15, 0.2) is 34.9 Å². The van der Waals surface area contributed by atoms with Gasteiger partial charge in [0.2, 0.25) is 0 Å². The lowest BCUT2D eigenvalue weighted by Gasteiger charge is -2.42. The highest BCUT2D eigenvalue weighted by Crippen LogP contribution is 2.57. The minimum Gasteiger partial charge on any atom is -0.208 e. The molecule has 0 fully saturated rings. The van der Waals surface area contributed by atoms with Gasteiger partial charge in [0.05, 0.1) is 0 Å². The first kappa shape index (κ1) is 54.1. The average molecular weight is 1170 g/mol. The zero-order valence-electron chi connectivity index (χ0n) is 50.0. The van der Waals surface area contributed by atoms with Crippen LogP contribution in [0, 0.1) is 0 Å². The van der Waals surface area contributed by atoms with Crippen LogP contribution < -0.4 is 0 Å². The Morgan fingerprint density at radius 2 is 0.326 bits per heavy atom. The molecular weight excluding hydrogens is 1120 g/mol. The van der Waals surface area contributed by atoms with Gasteiger partial charge in [-0.3, -0.25) is 0 Å². The summed E-state index contributed by atoms with van der Waals surface area (Å²) in [6, 6.07) is 116. The topological polar surface area (TPSA) is 77.3 Å². The Hall–Kier alpha value is -12.1. The predicted octanol–water partition coefficient (Wildman–Crippen LogP) is 21.0. The number of benzene rings is 13. The molecule has 2 bridgehead atoms. The van der Waals surface area contributed by atoms with Gasteiger partial charge < -0.3 is 0 Å². The zero-order valence-corrected chi connectivity index (χ0v) is 50.0. The fourth-order valence-electron chi connectivity index (χ4n) is 13.6. The maximum Gasteiger partial charge on any atom is 0.164 e. The molecule has 3 aliphatic carbocycles. The molecule has 92 heavy (non-hydrogen) atoms.